The molecular formula is C31H41N5O5. The van der Waals surface area contributed by atoms with E-state index in [2.05, 4.69) is 20.9 Å². The van der Waals surface area contributed by atoms with Gasteiger partial charge in [0, 0.05) is 29.9 Å². The second-order valence-corrected chi connectivity index (χ2v) is 11.2. The van der Waals surface area contributed by atoms with Crippen molar-refractivity contribution in [2.45, 2.75) is 71.1 Å². The van der Waals surface area contributed by atoms with Crippen LogP contribution in [-0.2, 0) is 32.0 Å². The molecule has 3 rings (SSSR count). The summed E-state index contributed by atoms with van der Waals surface area (Å²) in [5.74, 6) is -3.00. The zero-order chi connectivity index (χ0) is 30.1. The van der Waals surface area contributed by atoms with E-state index in [4.69, 9.17) is 5.73 Å². The lowest BCUT2D eigenvalue weighted by Gasteiger charge is -2.27. The van der Waals surface area contributed by atoms with Crippen molar-refractivity contribution in [1.29, 1.82) is 0 Å². The number of fused-ring (bicyclic) bond motifs is 1. The fraction of sp³-hybridized carbons (Fsp3) is 0.419. The van der Waals surface area contributed by atoms with Crippen molar-refractivity contribution in [3.8, 4) is 0 Å². The van der Waals surface area contributed by atoms with E-state index in [1.165, 1.54) is 0 Å². The number of carbonyl (C=O) groups excluding carboxylic acids is 3. The molecule has 0 bridgehead atoms. The number of hydrogen-bond donors (Lipinski definition) is 6. The Morgan fingerprint density at radius 2 is 1.44 bits per heavy atom. The molecule has 1 heterocycles. The van der Waals surface area contributed by atoms with E-state index in [0.29, 0.717) is 6.42 Å². The van der Waals surface area contributed by atoms with Gasteiger partial charge in [0.05, 0.1) is 6.04 Å². The molecule has 0 aliphatic carbocycles. The Bertz CT molecular complexity index is 1340. The zero-order valence-electron chi connectivity index (χ0n) is 24.0. The fourth-order valence-corrected chi connectivity index (χ4v) is 4.72. The van der Waals surface area contributed by atoms with Gasteiger partial charge in [0.25, 0.3) is 0 Å². The molecule has 3 amide bonds. The molecule has 0 aliphatic heterocycles. The summed E-state index contributed by atoms with van der Waals surface area (Å²) in [5, 5.41) is 18.9. The van der Waals surface area contributed by atoms with Crippen LogP contribution in [0, 0.1) is 11.8 Å². The molecule has 7 N–H and O–H groups in total. The van der Waals surface area contributed by atoms with Gasteiger partial charge in [0.15, 0.2) is 0 Å². The predicted octanol–water partition coefficient (Wildman–Crippen LogP) is 2.52. The Labute approximate surface area is 240 Å². The second-order valence-electron chi connectivity index (χ2n) is 11.2. The lowest BCUT2D eigenvalue weighted by molar-refractivity contribution is -0.142. The van der Waals surface area contributed by atoms with Gasteiger partial charge < -0.3 is 31.8 Å². The Balaban J connectivity index is 1.75. The van der Waals surface area contributed by atoms with Crippen molar-refractivity contribution in [1.82, 2.24) is 20.9 Å². The summed E-state index contributed by atoms with van der Waals surface area (Å²) in [7, 11) is 0. The van der Waals surface area contributed by atoms with Crippen LogP contribution < -0.4 is 21.7 Å². The average Bonchev–Trinajstić information content (AvgIpc) is 3.33. The van der Waals surface area contributed by atoms with Crippen LogP contribution >= 0.6 is 0 Å². The predicted molar refractivity (Wildman–Crippen MR) is 158 cm³/mol. The smallest absolute Gasteiger partial charge is 0.326 e. The zero-order valence-corrected chi connectivity index (χ0v) is 24.0. The minimum Gasteiger partial charge on any atom is -0.480 e. The van der Waals surface area contributed by atoms with E-state index < -0.39 is 47.9 Å². The van der Waals surface area contributed by atoms with Crippen molar-refractivity contribution >= 4 is 34.6 Å². The topological polar surface area (TPSA) is 166 Å². The Kier molecular flexibility index (Phi) is 11.0. The third-order valence-electron chi connectivity index (χ3n) is 6.94. The van der Waals surface area contributed by atoms with Gasteiger partial charge in [-0.3, -0.25) is 14.4 Å². The number of benzene rings is 2. The lowest BCUT2D eigenvalue weighted by Crippen LogP contribution is -2.59. The summed E-state index contributed by atoms with van der Waals surface area (Å²) in [6, 6.07) is 12.7. The third kappa shape index (κ3) is 8.91. The number of hydrogen-bond acceptors (Lipinski definition) is 5. The van der Waals surface area contributed by atoms with Crippen LogP contribution in [0.4, 0.5) is 0 Å². The molecule has 0 spiro atoms. The van der Waals surface area contributed by atoms with E-state index >= 15 is 0 Å². The van der Waals surface area contributed by atoms with Crippen LogP contribution in [0.2, 0.25) is 0 Å². The van der Waals surface area contributed by atoms with Crippen LogP contribution in [-0.4, -0.2) is 57.9 Å². The maximum absolute atomic E-state index is 13.5. The fourth-order valence-electron chi connectivity index (χ4n) is 4.72. The lowest BCUT2D eigenvalue weighted by atomic mass is 9.99. The van der Waals surface area contributed by atoms with E-state index in [1.54, 1.807) is 20.0 Å². The number of nitrogens with one attached hydrogen (secondary N) is 4. The quantitative estimate of drug-likeness (QED) is 0.176. The summed E-state index contributed by atoms with van der Waals surface area (Å²) in [5.41, 5.74) is 8.50. The molecule has 0 unspecified atom stereocenters. The Hall–Kier alpha value is -4.18. The van der Waals surface area contributed by atoms with Crippen LogP contribution in [0.3, 0.4) is 0 Å². The number of aromatic nitrogens is 1. The molecule has 0 radical (unpaired) electrons. The maximum Gasteiger partial charge on any atom is 0.326 e. The number of carboxylic acid groups (broad SMARTS) is 1. The van der Waals surface area contributed by atoms with Gasteiger partial charge in [-0.05, 0) is 35.4 Å². The van der Waals surface area contributed by atoms with E-state index in [1.807, 2.05) is 68.4 Å². The minimum absolute atomic E-state index is 0.0598. The summed E-state index contributed by atoms with van der Waals surface area (Å²) in [4.78, 5) is 54.9. The van der Waals surface area contributed by atoms with Crippen molar-refractivity contribution in [3.63, 3.8) is 0 Å². The van der Waals surface area contributed by atoms with Crippen molar-refractivity contribution in [2.75, 3.05) is 0 Å². The number of amides is 3. The largest absolute Gasteiger partial charge is 0.480 e. The molecule has 10 heteroatoms. The highest BCUT2D eigenvalue weighted by Crippen LogP contribution is 2.19. The average molecular weight is 564 g/mol. The molecule has 0 fully saturated rings. The summed E-state index contributed by atoms with van der Waals surface area (Å²) >= 11 is 0. The second kappa shape index (κ2) is 14.5. The van der Waals surface area contributed by atoms with Gasteiger partial charge in [0.1, 0.15) is 18.1 Å². The Morgan fingerprint density at radius 3 is 2.07 bits per heavy atom. The van der Waals surface area contributed by atoms with Crippen molar-refractivity contribution in [2.24, 2.45) is 17.6 Å². The number of nitrogens with two attached hydrogens (primary N) is 1. The highest BCUT2D eigenvalue weighted by molar-refractivity contribution is 5.94. The first-order valence-corrected chi connectivity index (χ1v) is 13.9. The maximum atomic E-state index is 13.5. The van der Waals surface area contributed by atoms with Gasteiger partial charge >= 0.3 is 5.97 Å². The van der Waals surface area contributed by atoms with E-state index in [9.17, 15) is 24.3 Å². The number of H-pyrrole nitrogens is 1. The van der Waals surface area contributed by atoms with Gasteiger partial charge in [-0.25, -0.2) is 4.79 Å². The summed E-state index contributed by atoms with van der Waals surface area (Å²) in [6.45, 7) is 7.42. The van der Waals surface area contributed by atoms with Crippen molar-refractivity contribution < 1.29 is 24.3 Å². The first-order chi connectivity index (χ1) is 19.5. The van der Waals surface area contributed by atoms with Gasteiger partial charge in [-0.2, -0.15) is 0 Å². The molecule has 1 aromatic heterocycles. The van der Waals surface area contributed by atoms with E-state index in [0.717, 1.165) is 22.0 Å². The van der Waals surface area contributed by atoms with Crippen LogP contribution in [0.5, 0.6) is 0 Å². The normalized spacial score (nSPS) is 14.3. The van der Waals surface area contributed by atoms with Gasteiger partial charge in [-0.1, -0.05) is 76.2 Å². The number of para-hydroxylation sites is 1. The molecule has 0 saturated carbocycles. The highest BCUT2D eigenvalue weighted by Gasteiger charge is 2.32. The molecule has 220 valence electrons. The number of rotatable bonds is 14. The van der Waals surface area contributed by atoms with E-state index in [-0.39, 0.29) is 24.7 Å². The first kappa shape index (κ1) is 31.3. The Morgan fingerprint density at radius 1 is 0.805 bits per heavy atom. The molecule has 41 heavy (non-hydrogen) atoms. The number of aromatic amines is 1. The summed E-state index contributed by atoms with van der Waals surface area (Å²) in [6.07, 6.45) is 2.44. The first-order valence-electron chi connectivity index (χ1n) is 13.9. The molecule has 2 aromatic carbocycles. The minimum atomic E-state index is -1.21. The van der Waals surface area contributed by atoms with Gasteiger partial charge in [0.2, 0.25) is 17.7 Å². The monoisotopic (exact) mass is 563 g/mol. The summed E-state index contributed by atoms with van der Waals surface area (Å²) < 4.78 is 0. The van der Waals surface area contributed by atoms with Crippen LogP contribution in [0.15, 0.2) is 60.8 Å². The van der Waals surface area contributed by atoms with Crippen molar-refractivity contribution in [3.05, 3.63) is 71.9 Å². The number of carbonyl (C=O) groups is 4. The molecule has 3 aromatic rings. The third-order valence-corrected chi connectivity index (χ3v) is 6.94. The number of carboxylic acids is 1. The molecule has 10 nitrogen and oxygen atoms in total. The molecule has 4 atom stereocenters. The number of aliphatic carboxylic acids is 1. The molecular weight excluding hydrogens is 522 g/mol. The molecule has 0 aliphatic rings. The van der Waals surface area contributed by atoms with Gasteiger partial charge in [-0.15, -0.1) is 0 Å². The highest BCUT2D eigenvalue weighted by atomic mass is 16.4. The van der Waals surface area contributed by atoms with Crippen LogP contribution in [0.25, 0.3) is 10.9 Å². The standard InChI is InChI=1S/C31H41N5O5/c1-18(2)14-23(32)28(37)34-25(15-20-10-6-5-7-11-20)29(38)36-27(19(3)4)30(39)35-26(31(40)41)16-21-17-33-24-13-9-8-12-22(21)24/h5-13,17-19,23,25-27,33H,14-16,32H2,1-4H3,(H,34,37)(H,35,39)(H,36,38)(H,40,41)/t23-,25-,26-,27-/m0/s1. The molecule has 0 saturated heterocycles. The SMILES string of the molecule is CC(C)C[C@H](N)C(=O)N[C@@H](Cc1ccccc1)C(=O)N[C@H](C(=O)N[C@@H](Cc1c[nH]c2ccccc12)C(=O)O)C(C)C. The van der Waals surface area contributed by atoms with Crippen LogP contribution in [0.1, 0.15) is 45.2 Å².